The third-order valence-corrected chi connectivity index (χ3v) is 4.53. The van der Waals surface area contributed by atoms with Gasteiger partial charge in [0.25, 0.3) is 5.56 Å². The average molecular weight is 371 g/mol. The van der Waals surface area contributed by atoms with Crippen molar-refractivity contribution in [3.05, 3.63) is 56.4 Å². The molecule has 0 radical (unpaired) electrons. The number of fused-ring (bicyclic) bond motifs is 1. The molecule has 0 bridgehead atoms. The Morgan fingerprint density at radius 2 is 2.17 bits per heavy atom. The van der Waals surface area contributed by atoms with E-state index < -0.39 is 6.10 Å². The molecule has 8 heteroatoms. The Labute approximate surface area is 145 Å². The summed E-state index contributed by atoms with van der Waals surface area (Å²) in [6.07, 6.45) is 0.553. The van der Waals surface area contributed by atoms with E-state index in [4.69, 9.17) is 27.9 Å². The summed E-state index contributed by atoms with van der Waals surface area (Å²) >= 11 is 13.2. The van der Waals surface area contributed by atoms with E-state index in [2.05, 4.69) is 4.98 Å². The number of nitrogens with zero attached hydrogens (tertiary/aromatic N) is 2. The van der Waals surface area contributed by atoms with Crippen molar-refractivity contribution in [2.45, 2.75) is 12.6 Å². The minimum absolute atomic E-state index is 0.00450. The van der Waals surface area contributed by atoms with E-state index in [9.17, 15) is 9.90 Å². The molecule has 5 nitrogen and oxygen atoms in total. The van der Waals surface area contributed by atoms with Gasteiger partial charge in [-0.1, -0.05) is 23.2 Å². The Balaban J connectivity index is 1.67. The lowest BCUT2D eigenvalue weighted by atomic mass is 10.3. The van der Waals surface area contributed by atoms with Gasteiger partial charge in [-0.3, -0.25) is 9.36 Å². The molecular weight excluding hydrogens is 359 g/mol. The van der Waals surface area contributed by atoms with E-state index in [1.54, 1.807) is 24.3 Å². The van der Waals surface area contributed by atoms with Gasteiger partial charge in [0.1, 0.15) is 23.3 Å². The molecule has 0 saturated carbocycles. The lowest BCUT2D eigenvalue weighted by Crippen LogP contribution is -2.30. The van der Waals surface area contributed by atoms with Crippen LogP contribution in [0.2, 0.25) is 10.0 Å². The number of ether oxygens (including phenoxy) is 1. The Morgan fingerprint density at radius 3 is 2.96 bits per heavy atom. The third kappa shape index (κ3) is 3.67. The van der Waals surface area contributed by atoms with Gasteiger partial charge in [-0.2, -0.15) is 0 Å². The van der Waals surface area contributed by atoms with Crippen LogP contribution < -0.4 is 10.3 Å². The number of halogens is 2. The van der Waals surface area contributed by atoms with Crippen LogP contribution in [0.4, 0.5) is 0 Å². The van der Waals surface area contributed by atoms with E-state index in [0.717, 1.165) is 0 Å². The van der Waals surface area contributed by atoms with Crippen molar-refractivity contribution in [1.82, 2.24) is 9.55 Å². The maximum absolute atomic E-state index is 12.2. The predicted molar refractivity (Wildman–Crippen MR) is 91.8 cm³/mol. The first-order chi connectivity index (χ1) is 11.0. The van der Waals surface area contributed by atoms with Crippen molar-refractivity contribution in [1.29, 1.82) is 0 Å². The molecule has 3 aromatic rings. The normalized spacial score (nSPS) is 12.5. The van der Waals surface area contributed by atoms with Gasteiger partial charge in [0.15, 0.2) is 0 Å². The van der Waals surface area contributed by atoms with E-state index in [0.29, 0.717) is 26.0 Å². The van der Waals surface area contributed by atoms with Gasteiger partial charge in [-0.15, -0.1) is 11.3 Å². The first kappa shape index (κ1) is 16.3. The minimum Gasteiger partial charge on any atom is -0.489 e. The van der Waals surface area contributed by atoms with E-state index in [1.165, 1.54) is 22.2 Å². The lowest BCUT2D eigenvalue weighted by Gasteiger charge is -2.14. The molecule has 0 aliphatic heterocycles. The molecule has 23 heavy (non-hydrogen) atoms. The van der Waals surface area contributed by atoms with Crippen LogP contribution in [0.5, 0.6) is 5.75 Å². The number of hydrogen-bond donors (Lipinski definition) is 1. The second-order valence-corrected chi connectivity index (χ2v) is 6.62. The number of aromatic nitrogens is 2. The third-order valence-electron chi connectivity index (χ3n) is 3.18. The second kappa shape index (κ2) is 6.88. The van der Waals surface area contributed by atoms with E-state index >= 15 is 0 Å². The van der Waals surface area contributed by atoms with Crippen LogP contribution in [-0.2, 0) is 6.54 Å². The van der Waals surface area contributed by atoms with Crippen molar-refractivity contribution in [3.8, 4) is 5.75 Å². The molecule has 2 aromatic heterocycles. The largest absolute Gasteiger partial charge is 0.489 e. The Bertz CT molecular complexity index is 894. The quantitative estimate of drug-likeness (QED) is 0.748. The first-order valence-corrected chi connectivity index (χ1v) is 8.36. The summed E-state index contributed by atoms with van der Waals surface area (Å²) in [6.45, 7) is 0.0816. The zero-order valence-electron chi connectivity index (χ0n) is 11.8. The van der Waals surface area contributed by atoms with Crippen molar-refractivity contribution in [2.75, 3.05) is 6.61 Å². The van der Waals surface area contributed by atoms with Crippen LogP contribution >= 0.6 is 34.5 Å². The van der Waals surface area contributed by atoms with Crippen LogP contribution in [0.25, 0.3) is 10.2 Å². The molecule has 120 valence electrons. The molecule has 1 aromatic carbocycles. The van der Waals surface area contributed by atoms with Crippen LogP contribution in [-0.4, -0.2) is 27.4 Å². The highest BCUT2D eigenvalue weighted by atomic mass is 35.5. The molecule has 1 unspecified atom stereocenters. The zero-order valence-corrected chi connectivity index (χ0v) is 14.1. The molecular formula is C15H12Cl2N2O3S. The minimum atomic E-state index is -0.877. The Hall–Kier alpha value is -1.60. The summed E-state index contributed by atoms with van der Waals surface area (Å²) in [6, 6.07) is 6.56. The highest BCUT2D eigenvalue weighted by molar-refractivity contribution is 7.16. The van der Waals surface area contributed by atoms with Gasteiger partial charge in [-0.25, -0.2) is 4.98 Å². The first-order valence-electron chi connectivity index (χ1n) is 6.73. The van der Waals surface area contributed by atoms with E-state index in [1.807, 2.05) is 5.38 Å². The fraction of sp³-hybridized carbons (Fsp3) is 0.200. The molecule has 0 saturated heterocycles. The summed E-state index contributed by atoms with van der Waals surface area (Å²) in [5.74, 6) is 0.425. The standard InChI is InChI=1S/C15H12Cl2N2O3S/c16-9-1-2-13(12(17)5-9)22-7-10(20)6-19-8-18-14-11(15(19)21)3-4-23-14/h1-5,8,10,20H,6-7H2. The molecule has 2 heterocycles. The van der Waals surface area contributed by atoms with Gasteiger partial charge >= 0.3 is 0 Å². The maximum Gasteiger partial charge on any atom is 0.262 e. The second-order valence-electron chi connectivity index (χ2n) is 4.88. The monoisotopic (exact) mass is 370 g/mol. The maximum atomic E-state index is 12.2. The number of aliphatic hydroxyl groups is 1. The molecule has 0 aliphatic rings. The van der Waals surface area contributed by atoms with Crippen molar-refractivity contribution in [2.24, 2.45) is 0 Å². The van der Waals surface area contributed by atoms with Crippen LogP contribution in [0.3, 0.4) is 0 Å². The SMILES string of the molecule is O=c1c2ccsc2ncn1CC(O)COc1ccc(Cl)cc1Cl. The van der Waals surface area contributed by atoms with E-state index in [-0.39, 0.29) is 18.7 Å². The molecule has 0 spiro atoms. The molecule has 1 atom stereocenters. The molecule has 0 aliphatic carbocycles. The summed E-state index contributed by atoms with van der Waals surface area (Å²) in [5.41, 5.74) is -0.181. The summed E-state index contributed by atoms with van der Waals surface area (Å²) in [5, 5.41) is 13.3. The highest BCUT2D eigenvalue weighted by Crippen LogP contribution is 2.27. The zero-order chi connectivity index (χ0) is 16.4. The van der Waals surface area contributed by atoms with Gasteiger partial charge in [-0.05, 0) is 29.6 Å². The number of aliphatic hydroxyl groups excluding tert-OH is 1. The lowest BCUT2D eigenvalue weighted by molar-refractivity contribution is 0.0915. The fourth-order valence-corrected chi connectivity index (χ4v) is 3.27. The molecule has 0 amide bonds. The smallest absolute Gasteiger partial charge is 0.262 e. The van der Waals surface area contributed by atoms with Gasteiger partial charge in [0.05, 0.1) is 23.3 Å². The summed E-state index contributed by atoms with van der Waals surface area (Å²) in [7, 11) is 0. The van der Waals surface area contributed by atoms with Crippen LogP contribution in [0.15, 0.2) is 40.8 Å². The Morgan fingerprint density at radius 1 is 1.35 bits per heavy atom. The predicted octanol–water partition coefficient (Wildman–Crippen LogP) is 3.20. The van der Waals surface area contributed by atoms with Gasteiger partial charge in [0, 0.05) is 5.02 Å². The fourth-order valence-electron chi connectivity index (χ4n) is 2.08. The molecule has 3 rings (SSSR count). The highest BCUT2D eigenvalue weighted by Gasteiger charge is 2.12. The summed E-state index contributed by atoms with van der Waals surface area (Å²) in [4.78, 5) is 17.1. The topological polar surface area (TPSA) is 64.4 Å². The Kier molecular flexibility index (Phi) is 4.87. The number of benzene rings is 1. The van der Waals surface area contributed by atoms with Crippen molar-refractivity contribution >= 4 is 44.8 Å². The number of rotatable bonds is 5. The number of hydrogen-bond acceptors (Lipinski definition) is 5. The van der Waals surface area contributed by atoms with Gasteiger partial charge < -0.3 is 9.84 Å². The average Bonchev–Trinajstić information content (AvgIpc) is 2.98. The van der Waals surface area contributed by atoms with Crippen molar-refractivity contribution < 1.29 is 9.84 Å². The molecule has 0 fully saturated rings. The van der Waals surface area contributed by atoms with Crippen molar-refractivity contribution in [3.63, 3.8) is 0 Å². The van der Waals surface area contributed by atoms with Gasteiger partial charge in [0.2, 0.25) is 0 Å². The summed E-state index contributed by atoms with van der Waals surface area (Å²) < 4.78 is 6.83. The van der Waals surface area contributed by atoms with Crippen LogP contribution in [0.1, 0.15) is 0 Å². The molecule has 1 N–H and O–H groups in total. The van der Waals surface area contributed by atoms with Crippen LogP contribution in [0, 0.1) is 0 Å². The number of thiophene rings is 1.